The molecule has 2 aromatic carbocycles. The number of nitrogens with zero attached hydrogens (tertiary/aromatic N) is 3. The van der Waals surface area contributed by atoms with Crippen molar-refractivity contribution in [2.24, 2.45) is 5.92 Å². The molecule has 0 bridgehead atoms. The molecule has 1 N–H and O–H groups in total. The molecule has 0 fully saturated rings. The highest BCUT2D eigenvalue weighted by Crippen LogP contribution is 2.22. The van der Waals surface area contributed by atoms with Crippen LogP contribution in [0.3, 0.4) is 0 Å². The van der Waals surface area contributed by atoms with Crippen LogP contribution in [0.1, 0.15) is 51.4 Å². The van der Waals surface area contributed by atoms with Gasteiger partial charge in [-0.3, -0.25) is 4.79 Å². The van der Waals surface area contributed by atoms with Crippen LogP contribution in [0.25, 0.3) is 11.0 Å². The second kappa shape index (κ2) is 13.4. The van der Waals surface area contributed by atoms with Crippen molar-refractivity contribution in [1.82, 2.24) is 20.2 Å². The molecule has 0 aliphatic carbocycles. The minimum absolute atomic E-state index is 0.0653. The van der Waals surface area contributed by atoms with Crippen LogP contribution in [0.5, 0.6) is 5.75 Å². The molecule has 1 radical (unpaired) electrons. The molecule has 1 amide bonds. The lowest BCUT2D eigenvalue weighted by Gasteiger charge is -2.12. The van der Waals surface area contributed by atoms with Crippen LogP contribution >= 0.6 is 11.6 Å². The van der Waals surface area contributed by atoms with Crippen molar-refractivity contribution in [2.45, 2.75) is 59.5 Å². The Hall–Kier alpha value is -2.57. The molecule has 3 rings (SSSR count). The van der Waals surface area contributed by atoms with Gasteiger partial charge in [-0.15, -0.1) is 0 Å². The number of carbonyl (C=O) groups is 1. The first-order valence-corrected chi connectivity index (χ1v) is 12.6. The number of likely N-dealkylation sites (N-methyl/N-ethyl adjacent to an activating group) is 1. The summed E-state index contributed by atoms with van der Waals surface area (Å²) < 4.78 is 7.85. The van der Waals surface area contributed by atoms with Crippen molar-refractivity contribution in [2.75, 3.05) is 19.7 Å². The third-order valence-corrected chi connectivity index (χ3v) is 6.02. The summed E-state index contributed by atoms with van der Waals surface area (Å²) in [7, 11) is 0. The van der Waals surface area contributed by atoms with Crippen LogP contribution in [-0.4, -0.2) is 35.2 Å². The van der Waals surface area contributed by atoms with Gasteiger partial charge >= 0.3 is 0 Å². The van der Waals surface area contributed by atoms with Crippen LogP contribution in [0.15, 0.2) is 42.5 Å². The number of nitrogens with one attached hydrogen (secondary N) is 1. The SMILES string of the molecule is CCCn1c(C[N]C(=O)CCC(C)Cc2ccc(OCCNCC)cc2)nc2ccc(Cl)cc21. The quantitative estimate of drug-likeness (QED) is 0.312. The molecule has 1 aromatic heterocycles. The summed E-state index contributed by atoms with van der Waals surface area (Å²) in [6.07, 6.45) is 3.16. The molecule has 0 aliphatic heterocycles. The Morgan fingerprint density at radius 2 is 2.00 bits per heavy atom. The Morgan fingerprint density at radius 1 is 1.21 bits per heavy atom. The predicted molar refractivity (Wildman–Crippen MR) is 138 cm³/mol. The van der Waals surface area contributed by atoms with E-state index < -0.39 is 0 Å². The van der Waals surface area contributed by atoms with Gasteiger partial charge < -0.3 is 14.6 Å². The van der Waals surface area contributed by atoms with E-state index in [4.69, 9.17) is 16.3 Å². The van der Waals surface area contributed by atoms with Gasteiger partial charge in [-0.25, -0.2) is 10.3 Å². The van der Waals surface area contributed by atoms with Crippen LogP contribution < -0.4 is 15.4 Å². The van der Waals surface area contributed by atoms with Gasteiger partial charge in [0.1, 0.15) is 24.7 Å². The molecular weight excluding hydrogens is 448 g/mol. The van der Waals surface area contributed by atoms with E-state index in [-0.39, 0.29) is 5.91 Å². The molecule has 1 heterocycles. The van der Waals surface area contributed by atoms with E-state index in [9.17, 15) is 4.79 Å². The van der Waals surface area contributed by atoms with E-state index in [2.05, 4.69) is 53.1 Å². The number of carbonyl (C=O) groups excluding carboxylic acids is 1. The molecule has 34 heavy (non-hydrogen) atoms. The largest absolute Gasteiger partial charge is 0.492 e. The van der Waals surface area contributed by atoms with Crippen LogP contribution in [0.4, 0.5) is 0 Å². The fraction of sp³-hybridized carbons (Fsp3) is 0.481. The van der Waals surface area contributed by atoms with E-state index in [1.807, 2.05) is 30.3 Å². The summed E-state index contributed by atoms with van der Waals surface area (Å²) in [6, 6.07) is 13.9. The third kappa shape index (κ3) is 7.74. The molecular formula is C27H36ClN4O2. The second-order valence-electron chi connectivity index (χ2n) is 8.72. The van der Waals surface area contributed by atoms with Crippen LogP contribution in [0, 0.1) is 5.92 Å². The first kappa shape index (κ1) is 26.0. The fourth-order valence-electron chi connectivity index (χ4n) is 3.99. The maximum atomic E-state index is 12.5. The Bertz CT molecular complexity index is 1050. The van der Waals surface area contributed by atoms with Crippen molar-refractivity contribution in [1.29, 1.82) is 0 Å². The lowest BCUT2D eigenvalue weighted by molar-refractivity contribution is -0.121. The highest BCUT2D eigenvalue weighted by molar-refractivity contribution is 6.31. The van der Waals surface area contributed by atoms with Gasteiger partial charge in [-0.1, -0.05) is 44.5 Å². The average molecular weight is 484 g/mol. The van der Waals surface area contributed by atoms with Crippen molar-refractivity contribution in [3.8, 4) is 5.75 Å². The van der Waals surface area contributed by atoms with Gasteiger partial charge in [0, 0.05) is 24.5 Å². The molecule has 1 unspecified atom stereocenters. The number of aromatic nitrogens is 2. The Morgan fingerprint density at radius 3 is 2.74 bits per heavy atom. The first-order valence-electron chi connectivity index (χ1n) is 12.3. The first-order chi connectivity index (χ1) is 16.5. The number of imidazole rings is 1. The number of fused-ring (bicyclic) bond motifs is 1. The molecule has 0 saturated carbocycles. The molecule has 183 valence electrons. The summed E-state index contributed by atoms with van der Waals surface area (Å²) in [6.45, 7) is 9.97. The Balaban J connectivity index is 1.44. The van der Waals surface area contributed by atoms with Gasteiger partial charge in [0.25, 0.3) is 0 Å². The highest BCUT2D eigenvalue weighted by Gasteiger charge is 2.14. The normalized spacial score (nSPS) is 12.1. The van der Waals surface area contributed by atoms with Gasteiger partial charge in [0.05, 0.1) is 11.0 Å². The van der Waals surface area contributed by atoms with Gasteiger partial charge in [-0.2, -0.15) is 0 Å². The fourth-order valence-corrected chi connectivity index (χ4v) is 4.16. The topological polar surface area (TPSA) is 70.2 Å². The summed E-state index contributed by atoms with van der Waals surface area (Å²) in [5, 5.41) is 8.24. The average Bonchev–Trinajstić information content (AvgIpc) is 3.17. The maximum Gasteiger partial charge on any atom is 0.241 e. The smallest absolute Gasteiger partial charge is 0.241 e. The van der Waals surface area contributed by atoms with Gasteiger partial charge in [0.15, 0.2) is 0 Å². The number of hydrogen-bond donors (Lipinski definition) is 1. The predicted octanol–water partition coefficient (Wildman–Crippen LogP) is 5.38. The molecule has 6 nitrogen and oxygen atoms in total. The van der Waals surface area contributed by atoms with Gasteiger partial charge in [-0.05, 0) is 67.6 Å². The number of hydrogen-bond acceptors (Lipinski definition) is 4. The maximum absolute atomic E-state index is 12.5. The number of amides is 1. The lowest BCUT2D eigenvalue weighted by atomic mass is 9.96. The second-order valence-corrected chi connectivity index (χ2v) is 9.15. The Kier molecular flexibility index (Phi) is 10.2. The van der Waals surface area contributed by atoms with Crippen molar-refractivity contribution in [3.05, 3.63) is 58.9 Å². The van der Waals surface area contributed by atoms with Crippen molar-refractivity contribution in [3.63, 3.8) is 0 Å². The minimum atomic E-state index is -0.0653. The van der Waals surface area contributed by atoms with Crippen molar-refractivity contribution < 1.29 is 9.53 Å². The number of benzene rings is 2. The van der Waals surface area contributed by atoms with E-state index in [0.717, 1.165) is 61.5 Å². The van der Waals surface area contributed by atoms with E-state index in [1.54, 1.807) is 0 Å². The number of rotatable bonds is 14. The van der Waals surface area contributed by atoms with Crippen LogP contribution in [-0.2, 0) is 24.3 Å². The van der Waals surface area contributed by atoms with Crippen molar-refractivity contribution >= 4 is 28.5 Å². The zero-order valence-corrected chi connectivity index (χ0v) is 21.3. The number of ether oxygens (including phenoxy) is 1. The monoisotopic (exact) mass is 483 g/mol. The summed E-state index contributed by atoms with van der Waals surface area (Å²) in [5.41, 5.74) is 3.13. The molecule has 0 saturated heterocycles. The lowest BCUT2D eigenvalue weighted by Crippen LogP contribution is -2.20. The summed E-state index contributed by atoms with van der Waals surface area (Å²) in [5.74, 6) is 2.03. The summed E-state index contributed by atoms with van der Waals surface area (Å²) in [4.78, 5) is 17.1. The molecule has 0 spiro atoms. The number of aryl methyl sites for hydroxylation is 1. The zero-order valence-electron chi connectivity index (χ0n) is 20.5. The van der Waals surface area contributed by atoms with E-state index in [0.29, 0.717) is 30.5 Å². The molecule has 7 heteroatoms. The molecule has 1 atom stereocenters. The number of halogens is 1. The highest BCUT2D eigenvalue weighted by atomic mass is 35.5. The third-order valence-electron chi connectivity index (χ3n) is 5.79. The molecule has 3 aromatic rings. The van der Waals surface area contributed by atoms with Crippen LogP contribution in [0.2, 0.25) is 5.02 Å². The molecule has 0 aliphatic rings. The standard InChI is InChI=1S/C27H36ClN4O2/c1-4-15-32-25-18-22(28)9-12-24(25)31-26(32)19-30-27(33)13-6-20(3)17-21-7-10-23(11-8-21)34-16-14-29-5-2/h7-12,18,20,29H,4-6,13-17,19H2,1-3H3. The van der Waals surface area contributed by atoms with Gasteiger partial charge in [0.2, 0.25) is 5.91 Å². The summed E-state index contributed by atoms with van der Waals surface area (Å²) >= 11 is 6.17. The minimum Gasteiger partial charge on any atom is -0.492 e. The van der Waals surface area contributed by atoms with E-state index >= 15 is 0 Å². The Labute approximate surface area is 208 Å². The zero-order chi connectivity index (χ0) is 24.3. The van der Waals surface area contributed by atoms with E-state index in [1.165, 1.54) is 5.56 Å².